The molecule has 5 nitrogen and oxygen atoms in total. The molecule has 2 aromatic carbocycles. The van der Waals surface area contributed by atoms with Crippen molar-refractivity contribution in [3.63, 3.8) is 0 Å². The van der Waals surface area contributed by atoms with Gasteiger partial charge in [0, 0.05) is 43.2 Å². The Balaban J connectivity index is 1.36. The van der Waals surface area contributed by atoms with Crippen molar-refractivity contribution in [1.29, 1.82) is 0 Å². The standard InChI is InChI=1S/C24H26ClFN2O3/c25-19-6-4-17(5-7-19)8-11-27-23(29)24(9-12-30-13-10-24)16-21-15-22(28-31-21)18-2-1-3-20(26)14-18/h1-7,14,21H,8-13,15-16H2,(H,27,29)/t21-/m0/s1. The van der Waals surface area contributed by atoms with Gasteiger partial charge in [0.05, 0.1) is 11.1 Å². The van der Waals surface area contributed by atoms with Crippen molar-refractivity contribution >= 4 is 23.2 Å². The highest BCUT2D eigenvalue weighted by Crippen LogP contribution is 2.38. The van der Waals surface area contributed by atoms with Gasteiger partial charge in [0.2, 0.25) is 5.91 Å². The molecule has 4 rings (SSSR count). The van der Waals surface area contributed by atoms with Crippen molar-refractivity contribution in [3.8, 4) is 0 Å². The highest BCUT2D eigenvalue weighted by Gasteiger charge is 2.43. The summed E-state index contributed by atoms with van der Waals surface area (Å²) in [6, 6.07) is 14.0. The lowest BCUT2D eigenvalue weighted by Gasteiger charge is -2.37. The van der Waals surface area contributed by atoms with Gasteiger partial charge in [-0.2, -0.15) is 0 Å². The molecule has 1 fully saturated rings. The van der Waals surface area contributed by atoms with Gasteiger partial charge in [-0.25, -0.2) is 4.39 Å². The van der Waals surface area contributed by atoms with Crippen LogP contribution < -0.4 is 5.32 Å². The summed E-state index contributed by atoms with van der Waals surface area (Å²) in [4.78, 5) is 18.9. The minimum atomic E-state index is -0.546. The van der Waals surface area contributed by atoms with Crippen LogP contribution in [0.5, 0.6) is 0 Å². The molecule has 2 aromatic rings. The van der Waals surface area contributed by atoms with E-state index in [0.717, 1.165) is 23.3 Å². The second-order valence-electron chi connectivity index (χ2n) is 8.21. The molecular weight excluding hydrogens is 419 g/mol. The van der Waals surface area contributed by atoms with E-state index < -0.39 is 5.41 Å². The molecule has 1 saturated heterocycles. The van der Waals surface area contributed by atoms with Crippen molar-refractivity contribution in [2.75, 3.05) is 19.8 Å². The van der Waals surface area contributed by atoms with Crippen molar-refractivity contribution in [2.45, 2.75) is 38.2 Å². The molecular formula is C24H26ClFN2O3. The molecule has 1 amide bonds. The van der Waals surface area contributed by atoms with E-state index in [9.17, 15) is 9.18 Å². The minimum absolute atomic E-state index is 0.0348. The lowest BCUT2D eigenvalue weighted by atomic mass is 9.74. The summed E-state index contributed by atoms with van der Waals surface area (Å²) in [6.07, 6.45) is 2.94. The maximum Gasteiger partial charge on any atom is 0.226 e. The smallest absolute Gasteiger partial charge is 0.226 e. The van der Waals surface area contributed by atoms with Crippen molar-refractivity contribution in [3.05, 3.63) is 70.5 Å². The fourth-order valence-corrected chi connectivity index (χ4v) is 4.38. The van der Waals surface area contributed by atoms with E-state index in [4.69, 9.17) is 21.2 Å². The number of amides is 1. The normalized spacial score (nSPS) is 20.1. The third kappa shape index (κ3) is 5.43. The number of hydrogen-bond donors (Lipinski definition) is 1. The molecule has 2 aliphatic heterocycles. The van der Waals surface area contributed by atoms with Crippen LogP contribution in [0.3, 0.4) is 0 Å². The number of rotatable bonds is 7. The maximum atomic E-state index is 13.5. The SMILES string of the molecule is O=C(NCCc1ccc(Cl)cc1)C1(C[C@@H]2CC(c3cccc(F)c3)=NO2)CCOCC1. The van der Waals surface area contributed by atoms with E-state index in [1.807, 2.05) is 30.3 Å². The van der Waals surface area contributed by atoms with Crippen LogP contribution in [0, 0.1) is 11.2 Å². The average molecular weight is 445 g/mol. The zero-order valence-corrected chi connectivity index (χ0v) is 18.0. The number of ether oxygens (including phenoxy) is 1. The largest absolute Gasteiger partial charge is 0.392 e. The summed E-state index contributed by atoms with van der Waals surface area (Å²) in [7, 11) is 0. The number of nitrogens with zero attached hydrogens (tertiary/aromatic N) is 1. The summed E-state index contributed by atoms with van der Waals surface area (Å²) < 4.78 is 19.1. The van der Waals surface area contributed by atoms with Crippen molar-refractivity contribution in [1.82, 2.24) is 5.32 Å². The zero-order chi connectivity index (χ0) is 21.7. The van der Waals surface area contributed by atoms with Crippen LogP contribution in [0.25, 0.3) is 0 Å². The fourth-order valence-electron chi connectivity index (χ4n) is 4.26. The molecule has 0 bridgehead atoms. The van der Waals surface area contributed by atoms with Crippen LogP contribution in [0.4, 0.5) is 4.39 Å². The molecule has 0 unspecified atom stereocenters. The van der Waals surface area contributed by atoms with Crippen LogP contribution in [0.2, 0.25) is 5.02 Å². The Bertz CT molecular complexity index is 942. The van der Waals surface area contributed by atoms with E-state index >= 15 is 0 Å². The monoisotopic (exact) mass is 444 g/mol. The lowest BCUT2D eigenvalue weighted by Crippen LogP contribution is -2.47. The van der Waals surface area contributed by atoms with Crippen LogP contribution in [-0.4, -0.2) is 37.5 Å². The molecule has 0 aromatic heterocycles. The van der Waals surface area contributed by atoms with Gasteiger partial charge in [0.1, 0.15) is 11.9 Å². The molecule has 164 valence electrons. The quantitative estimate of drug-likeness (QED) is 0.683. The number of nitrogens with one attached hydrogen (secondary N) is 1. The molecule has 0 spiro atoms. The van der Waals surface area contributed by atoms with Crippen LogP contribution in [0.15, 0.2) is 53.7 Å². The summed E-state index contributed by atoms with van der Waals surface area (Å²) in [5, 5.41) is 7.98. The number of oxime groups is 1. The predicted octanol–water partition coefficient (Wildman–Crippen LogP) is 4.52. The minimum Gasteiger partial charge on any atom is -0.392 e. The van der Waals surface area contributed by atoms with Gasteiger partial charge in [0.15, 0.2) is 0 Å². The van der Waals surface area contributed by atoms with Crippen LogP contribution >= 0.6 is 11.6 Å². The summed E-state index contributed by atoms with van der Waals surface area (Å²) in [6.45, 7) is 1.66. The Labute approximate surface area is 186 Å². The average Bonchev–Trinajstić information content (AvgIpc) is 3.24. The van der Waals surface area contributed by atoms with Gasteiger partial charge < -0.3 is 14.9 Å². The third-order valence-electron chi connectivity index (χ3n) is 6.05. The molecule has 31 heavy (non-hydrogen) atoms. The van der Waals surface area contributed by atoms with Gasteiger partial charge in [-0.15, -0.1) is 0 Å². The van der Waals surface area contributed by atoms with Gasteiger partial charge in [-0.05, 0) is 49.1 Å². The van der Waals surface area contributed by atoms with E-state index in [1.165, 1.54) is 12.1 Å². The first kappa shape index (κ1) is 21.8. The second kappa shape index (κ2) is 9.79. The van der Waals surface area contributed by atoms with Gasteiger partial charge >= 0.3 is 0 Å². The van der Waals surface area contributed by atoms with Crippen molar-refractivity contribution < 1.29 is 18.8 Å². The molecule has 0 aliphatic carbocycles. The molecule has 1 atom stereocenters. The molecule has 1 N–H and O–H groups in total. The maximum absolute atomic E-state index is 13.5. The number of halogens is 2. The van der Waals surface area contributed by atoms with E-state index in [1.54, 1.807) is 6.07 Å². The van der Waals surface area contributed by atoms with Crippen LogP contribution in [-0.2, 0) is 20.8 Å². The third-order valence-corrected chi connectivity index (χ3v) is 6.31. The summed E-state index contributed by atoms with van der Waals surface area (Å²) >= 11 is 5.93. The number of carbonyl (C=O) groups excluding carboxylic acids is 1. The highest BCUT2D eigenvalue weighted by atomic mass is 35.5. The number of hydrogen-bond acceptors (Lipinski definition) is 4. The van der Waals surface area contributed by atoms with Gasteiger partial charge in [-0.3, -0.25) is 4.79 Å². The number of carbonyl (C=O) groups is 1. The zero-order valence-electron chi connectivity index (χ0n) is 17.3. The first-order chi connectivity index (χ1) is 15.0. The summed E-state index contributed by atoms with van der Waals surface area (Å²) in [5.41, 5.74) is 2.01. The van der Waals surface area contributed by atoms with Gasteiger partial charge in [-0.1, -0.05) is 41.0 Å². The van der Waals surface area contributed by atoms with E-state index in [0.29, 0.717) is 50.5 Å². The van der Waals surface area contributed by atoms with Crippen LogP contribution in [0.1, 0.15) is 36.8 Å². The number of benzene rings is 2. The summed E-state index contributed by atoms with van der Waals surface area (Å²) in [5.74, 6) is -0.266. The highest BCUT2D eigenvalue weighted by molar-refractivity contribution is 6.30. The molecule has 0 radical (unpaired) electrons. The van der Waals surface area contributed by atoms with Crippen molar-refractivity contribution in [2.24, 2.45) is 10.6 Å². The lowest BCUT2D eigenvalue weighted by molar-refractivity contribution is -0.140. The van der Waals surface area contributed by atoms with Gasteiger partial charge in [0.25, 0.3) is 0 Å². The Kier molecular flexibility index (Phi) is 6.88. The molecule has 2 aliphatic rings. The molecule has 0 saturated carbocycles. The predicted molar refractivity (Wildman–Crippen MR) is 118 cm³/mol. The molecule has 7 heteroatoms. The topological polar surface area (TPSA) is 59.9 Å². The first-order valence-electron chi connectivity index (χ1n) is 10.6. The second-order valence-corrected chi connectivity index (χ2v) is 8.65. The fraction of sp³-hybridized carbons (Fsp3) is 0.417. The van der Waals surface area contributed by atoms with E-state index in [-0.39, 0.29) is 17.8 Å². The first-order valence-corrected chi connectivity index (χ1v) is 11.0. The Morgan fingerprint density at radius 2 is 1.97 bits per heavy atom. The Morgan fingerprint density at radius 3 is 2.71 bits per heavy atom. The Morgan fingerprint density at radius 1 is 1.19 bits per heavy atom. The van der Waals surface area contributed by atoms with E-state index in [2.05, 4.69) is 10.5 Å². The molecule has 2 heterocycles. The Hall–Kier alpha value is -2.44.